The highest BCUT2D eigenvalue weighted by molar-refractivity contribution is 7.77. The van der Waals surface area contributed by atoms with Crippen molar-refractivity contribution in [1.82, 2.24) is 19.7 Å². The number of amides is 2. The molecule has 2 N–H and O–H groups in total. The van der Waals surface area contributed by atoms with Crippen molar-refractivity contribution in [2.45, 2.75) is 25.3 Å². The Morgan fingerprint density at radius 1 is 1.09 bits per heavy atom. The molecule has 0 bridgehead atoms. The van der Waals surface area contributed by atoms with Gasteiger partial charge in [-0.15, -0.1) is 0 Å². The minimum Gasteiger partial charge on any atom is -0.289 e. The van der Waals surface area contributed by atoms with E-state index in [9.17, 15) is 13.8 Å². The number of carbonyl (C=O) groups excluding carboxylic acids is 2. The van der Waals surface area contributed by atoms with Gasteiger partial charge in [0.25, 0.3) is 11.3 Å². The second-order valence-electron chi connectivity index (χ2n) is 7.09. The molecule has 32 heavy (non-hydrogen) atoms. The second-order valence-corrected chi connectivity index (χ2v) is 8.23. The lowest BCUT2D eigenvalue weighted by Crippen LogP contribution is -2.30. The van der Waals surface area contributed by atoms with E-state index >= 15 is 0 Å². The van der Waals surface area contributed by atoms with E-state index in [1.165, 1.54) is 5.01 Å². The van der Waals surface area contributed by atoms with E-state index in [2.05, 4.69) is 15.1 Å². The third-order valence-electron chi connectivity index (χ3n) is 4.99. The summed E-state index contributed by atoms with van der Waals surface area (Å²) in [6.45, 7) is 0. The van der Waals surface area contributed by atoms with Crippen molar-refractivity contribution in [2.75, 3.05) is 0 Å². The monoisotopic (exact) mass is 471 g/mol. The molecule has 2 aromatic carbocycles. The van der Waals surface area contributed by atoms with Crippen molar-refractivity contribution >= 4 is 51.4 Å². The SMILES string of the molecule is O=C(CCC(=O)N1N=C(c2ccc(Cl)cc2)CC1c1ccc2nccnc2c1)NS(=O)O. The molecule has 3 aromatic rings. The summed E-state index contributed by atoms with van der Waals surface area (Å²) in [5.41, 5.74) is 3.81. The van der Waals surface area contributed by atoms with Gasteiger partial charge in [0, 0.05) is 36.7 Å². The Kier molecular flexibility index (Phi) is 6.54. The fraction of sp³-hybridized carbons (Fsp3) is 0.190. The number of hydrogen-bond donors (Lipinski definition) is 2. The summed E-state index contributed by atoms with van der Waals surface area (Å²) >= 11 is 3.52. The normalized spacial score (nSPS) is 16.6. The number of nitrogens with one attached hydrogen (secondary N) is 1. The highest BCUT2D eigenvalue weighted by atomic mass is 35.5. The van der Waals surface area contributed by atoms with Crippen LogP contribution in [-0.2, 0) is 20.9 Å². The number of hydrogen-bond acceptors (Lipinski definition) is 6. The molecular formula is C21H18ClN5O4S. The highest BCUT2D eigenvalue weighted by Gasteiger charge is 2.33. The first kappa shape index (κ1) is 22.0. The average Bonchev–Trinajstić information content (AvgIpc) is 3.23. The van der Waals surface area contributed by atoms with Crippen LogP contribution in [0.3, 0.4) is 0 Å². The summed E-state index contributed by atoms with van der Waals surface area (Å²) in [6, 6.07) is 12.4. The van der Waals surface area contributed by atoms with Gasteiger partial charge < -0.3 is 0 Å². The van der Waals surface area contributed by atoms with Crippen molar-refractivity contribution in [3.8, 4) is 0 Å². The second kappa shape index (κ2) is 9.51. The van der Waals surface area contributed by atoms with Gasteiger partial charge in [-0.3, -0.25) is 28.8 Å². The molecule has 1 aromatic heterocycles. The van der Waals surface area contributed by atoms with Crippen molar-refractivity contribution in [2.24, 2.45) is 5.10 Å². The first-order valence-electron chi connectivity index (χ1n) is 9.67. The third-order valence-corrected chi connectivity index (χ3v) is 5.64. The van der Waals surface area contributed by atoms with E-state index in [0.29, 0.717) is 22.7 Å². The predicted octanol–water partition coefficient (Wildman–Crippen LogP) is 2.99. The number of halogens is 1. The minimum atomic E-state index is -2.47. The Bertz CT molecular complexity index is 1230. The smallest absolute Gasteiger partial charge is 0.261 e. The summed E-state index contributed by atoms with van der Waals surface area (Å²) in [4.78, 5) is 33.3. The van der Waals surface area contributed by atoms with Gasteiger partial charge in [-0.1, -0.05) is 29.8 Å². The summed E-state index contributed by atoms with van der Waals surface area (Å²) in [5.74, 6) is -1.07. The molecule has 1 aliphatic heterocycles. The summed E-state index contributed by atoms with van der Waals surface area (Å²) < 4.78 is 21.3. The Labute approximate surface area is 190 Å². The van der Waals surface area contributed by atoms with Crippen molar-refractivity contribution < 1.29 is 18.4 Å². The molecule has 164 valence electrons. The Morgan fingerprint density at radius 2 is 1.81 bits per heavy atom. The number of fused-ring (bicyclic) bond motifs is 1. The maximum Gasteiger partial charge on any atom is 0.261 e. The fourth-order valence-corrected chi connectivity index (χ4v) is 3.91. The lowest BCUT2D eigenvalue weighted by Gasteiger charge is -2.22. The van der Waals surface area contributed by atoms with Crippen LogP contribution < -0.4 is 4.72 Å². The highest BCUT2D eigenvalue weighted by Crippen LogP contribution is 2.34. The van der Waals surface area contributed by atoms with Gasteiger partial charge in [0.2, 0.25) is 11.8 Å². The van der Waals surface area contributed by atoms with Crippen LogP contribution in [0.15, 0.2) is 60.0 Å². The minimum absolute atomic E-state index is 0.162. The van der Waals surface area contributed by atoms with Crippen LogP contribution in [0.1, 0.15) is 36.4 Å². The van der Waals surface area contributed by atoms with Crippen LogP contribution in [0.2, 0.25) is 5.02 Å². The standard InChI is InChI=1S/C21H18ClN5O4S/c22-15-4-1-13(2-5-15)17-12-19(14-3-6-16-18(11-14)24-10-9-23-16)27(25-17)21(29)8-7-20(28)26-32(30)31/h1-6,9-11,19H,7-8,12H2,(H,26,28)(H,30,31). The van der Waals surface area contributed by atoms with E-state index in [4.69, 9.17) is 16.2 Å². The molecule has 2 atom stereocenters. The number of hydrazone groups is 1. The zero-order valence-electron chi connectivity index (χ0n) is 16.6. The molecule has 9 nitrogen and oxygen atoms in total. The Hall–Kier alpha value is -3.21. The largest absolute Gasteiger partial charge is 0.289 e. The quantitative estimate of drug-likeness (QED) is 0.532. The average molecular weight is 472 g/mol. The number of benzene rings is 2. The fourth-order valence-electron chi connectivity index (χ4n) is 3.49. The Balaban J connectivity index is 1.62. The summed E-state index contributed by atoms with van der Waals surface area (Å²) in [5, 5.41) is 6.51. The first-order valence-corrected chi connectivity index (χ1v) is 11.2. The molecule has 0 fully saturated rings. The number of rotatable bonds is 6. The van der Waals surface area contributed by atoms with Gasteiger partial charge in [-0.25, -0.2) is 9.22 Å². The molecule has 0 saturated heterocycles. The zero-order chi connectivity index (χ0) is 22.7. The van der Waals surface area contributed by atoms with Gasteiger partial charge in [0.1, 0.15) is 0 Å². The molecule has 1 aliphatic rings. The summed E-state index contributed by atoms with van der Waals surface area (Å²) in [6.07, 6.45) is 3.28. The van der Waals surface area contributed by atoms with Gasteiger partial charge >= 0.3 is 0 Å². The summed E-state index contributed by atoms with van der Waals surface area (Å²) in [7, 11) is 0. The Morgan fingerprint density at radius 3 is 2.53 bits per heavy atom. The molecule has 2 amide bonds. The maximum absolute atomic E-state index is 13.0. The third kappa shape index (κ3) is 4.98. The zero-order valence-corrected chi connectivity index (χ0v) is 18.2. The first-order chi connectivity index (χ1) is 15.4. The van der Waals surface area contributed by atoms with Crippen LogP contribution in [0.5, 0.6) is 0 Å². The molecule has 2 unspecified atom stereocenters. The van der Waals surface area contributed by atoms with E-state index in [1.54, 1.807) is 24.5 Å². The van der Waals surface area contributed by atoms with Gasteiger partial charge in [0.15, 0.2) is 0 Å². The maximum atomic E-state index is 13.0. The predicted molar refractivity (Wildman–Crippen MR) is 120 cm³/mol. The van der Waals surface area contributed by atoms with Crippen LogP contribution in [0.25, 0.3) is 11.0 Å². The topological polar surface area (TPSA) is 125 Å². The van der Waals surface area contributed by atoms with E-state index in [0.717, 1.165) is 16.6 Å². The van der Waals surface area contributed by atoms with Crippen molar-refractivity contribution in [3.05, 3.63) is 71.0 Å². The molecule has 0 spiro atoms. The van der Waals surface area contributed by atoms with Crippen molar-refractivity contribution in [3.63, 3.8) is 0 Å². The molecule has 0 saturated carbocycles. The van der Waals surface area contributed by atoms with Crippen LogP contribution >= 0.6 is 11.6 Å². The van der Waals surface area contributed by atoms with E-state index in [1.807, 2.05) is 35.1 Å². The molecule has 2 heterocycles. The number of carbonyl (C=O) groups is 2. The molecule has 4 rings (SSSR count). The van der Waals surface area contributed by atoms with Crippen LogP contribution in [0.4, 0.5) is 0 Å². The lowest BCUT2D eigenvalue weighted by molar-refractivity contribution is -0.134. The molecular weight excluding hydrogens is 454 g/mol. The number of nitrogens with zero attached hydrogens (tertiary/aromatic N) is 4. The molecule has 11 heteroatoms. The number of aromatic nitrogens is 2. The van der Waals surface area contributed by atoms with E-state index in [-0.39, 0.29) is 18.7 Å². The lowest BCUT2D eigenvalue weighted by atomic mass is 9.98. The van der Waals surface area contributed by atoms with Crippen LogP contribution in [-0.4, -0.2) is 41.3 Å². The van der Waals surface area contributed by atoms with Gasteiger partial charge in [0.05, 0.1) is 22.8 Å². The van der Waals surface area contributed by atoms with Gasteiger partial charge in [-0.05, 0) is 35.4 Å². The van der Waals surface area contributed by atoms with Crippen molar-refractivity contribution in [1.29, 1.82) is 0 Å². The van der Waals surface area contributed by atoms with E-state index < -0.39 is 23.2 Å². The molecule has 0 radical (unpaired) electrons. The molecule has 0 aliphatic carbocycles. The van der Waals surface area contributed by atoms with Gasteiger partial charge in [-0.2, -0.15) is 5.10 Å². The van der Waals surface area contributed by atoms with Crippen LogP contribution in [0, 0.1) is 0 Å².